The molecular weight excluding hydrogens is 476 g/mol. The van der Waals surface area contributed by atoms with Crippen molar-refractivity contribution in [3.63, 3.8) is 0 Å². The van der Waals surface area contributed by atoms with Crippen molar-refractivity contribution in [1.82, 2.24) is 9.88 Å². The molecule has 0 aliphatic carbocycles. The lowest BCUT2D eigenvalue weighted by atomic mass is 10.0. The molecule has 2 aliphatic rings. The number of thioether (sulfide) groups is 1. The molecule has 1 amide bonds. The lowest BCUT2D eigenvalue weighted by Gasteiger charge is -2.25. The summed E-state index contributed by atoms with van der Waals surface area (Å²) in [4.78, 5) is 25.7. The Labute approximate surface area is 216 Å². The minimum Gasteiger partial charge on any atom is -0.364 e. The number of methoxy groups -OCH3 is 2. The molecule has 0 unspecified atom stereocenters. The summed E-state index contributed by atoms with van der Waals surface area (Å²) in [5.41, 5.74) is 3.90. The highest BCUT2D eigenvalue weighted by Crippen LogP contribution is 2.42. The number of hydrogen-bond acceptors (Lipinski definition) is 8. The van der Waals surface area contributed by atoms with Crippen molar-refractivity contribution in [2.75, 3.05) is 57.7 Å². The standard InChI is InChI=1S/C26H30N6O3S/c1-6-18-19(15-27)24(30-23(22(18)28-2)32-11-7-10-31(3)12-13-32)36-16-17-8-9-21-20(14-17)26(34-4,35-5)25(33)29-21/h8-9,14H,6-7,10-13,16H2,1,3-5H3,(H,29,33). The van der Waals surface area contributed by atoms with Gasteiger partial charge in [0.15, 0.2) is 0 Å². The van der Waals surface area contributed by atoms with Crippen molar-refractivity contribution in [3.05, 3.63) is 51.9 Å². The van der Waals surface area contributed by atoms with Gasteiger partial charge in [-0.25, -0.2) is 9.83 Å². The third-order valence-electron chi connectivity index (χ3n) is 6.75. The molecule has 3 heterocycles. The Balaban J connectivity index is 1.69. The summed E-state index contributed by atoms with van der Waals surface area (Å²) in [6.45, 7) is 13.3. The summed E-state index contributed by atoms with van der Waals surface area (Å²) in [6, 6.07) is 7.96. The average Bonchev–Trinajstić information content (AvgIpc) is 3.01. The number of anilines is 2. The van der Waals surface area contributed by atoms with Gasteiger partial charge in [-0.05, 0) is 49.7 Å². The van der Waals surface area contributed by atoms with E-state index in [9.17, 15) is 10.1 Å². The average molecular weight is 507 g/mol. The fraction of sp³-hybridized carbons (Fsp3) is 0.462. The summed E-state index contributed by atoms with van der Waals surface area (Å²) < 4.78 is 10.9. The predicted molar refractivity (Wildman–Crippen MR) is 139 cm³/mol. The number of likely N-dealkylation sites (N-methyl/N-ethyl adjacent to an activating group) is 1. The molecule has 2 aromatic rings. The number of aromatic nitrogens is 1. The second-order valence-corrected chi connectivity index (χ2v) is 9.78. The number of benzene rings is 1. The van der Waals surface area contributed by atoms with Gasteiger partial charge in [-0.1, -0.05) is 13.0 Å². The number of nitrogens with zero attached hydrogens (tertiary/aromatic N) is 5. The van der Waals surface area contributed by atoms with Gasteiger partial charge in [-0.15, -0.1) is 11.8 Å². The highest BCUT2D eigenvalue weighted by Gasteiger charge is 2.48. The summed E-state index contributed by atoms with van der Waals surface area (Å²) in [6.07, 6.45) is 1.57. The smallest absolute Gasteiger partial charge is 0.289 e. The topological polar surface area (TPSA) is 95.1 Å². The van der Waals surface area contributed by atoms with E-state index in [2.05, 4.69) is 33.1 Å². The molecule has 36 heavy (non-hydrogen) atoms. The van der Waals surface area contributed by atoms with Crippen LogP contribution in [0.1, 0.15) is 35.6 Å². The van der Waals surface area contributed by atoms with Gasteiger partial charge in [-0.2, -0.15) is 5.26 Å². The third kappa shape index (κ3) is 4.54. The first-order valence-electron chi connectivity index (χ1n) is 11.9. The van der Waals surface area contributed by atoms with E-state index in [1.54, 1.807) is 0 Å². The molecule has 1 fully saturated rings. The quantitative estimate of drug-likeness (QED) is 0.343. The van der Waals surface area contributed by atoms with Gasteiger partial charge < -0.3 is 24.6 Å². The summed E-state index contributed by atoms with van der Waals surface area (Å²) in [5, 5.41) is 13.4. The van der Waals surface area contributed by atoms with Crippen LogP contribution in [0, 0.1) is 17.9 Å². The number of carbonyl (C=O) groups is 1. The van der Waals surface area contributed by atoms with Gasteiger partial charge in [0.2, 0.25) is 5.69 Å². The zero-order valence-corrected chi connectivity index (χ0v) is 21.9. The molecule has 0 bridgehead atoms. The molecule has 9 nitrogen and oxygen atoms in total. The minimum absolute atomic E-state index is 0.365. The van der Waals surface area contributed by atoms with E-state index in [-0.39, 0.29) is 5.91 Å². The van der Waals surface area contributed by atoms with E-state index >= 15 is 0 Å². The van der Waals surface area contributed by atoms with Crippen molar-refractivity contribution >= 4 is 34.9 Å². The minimum atomic E-state index is -1.48. The van der Waals surface area contributed by atoms with Crippen LogP contribution in [0.15, 0.2) is 23.2 Å². The molecule has 1 saturated heterocycles. The molecule has 4 rings (SSSR count). The summed E-state index contributed by atoms with van der Waals surface area (Å²) in [5.74, 6) is -0.655. The van der Waals surface area contributed by atoms with Crippen molar-refractivity contribution < 1.29 is 14.3 Å². The Morgan fingerprint density at radius 3 is 2.72 bits per heavy atom. The molecule has 1 aromatic carbocycles. The SMILES string of the molecule is [C-]#[N+]c1c(N2CCCN(C)CC2)nc(SCc2ccc3c(c2)C(OC)(OC)C(=O)N3)c(C#N)c1CC. The van der Waals surface area contributed by atoms with Crippen LogP contribution >= 0.6 is 11.8 Å². The Kier molecular flexibility index (Phi) is 7.82. The fourth-order valence-electron chi connectivity index (χ4n) is 4.78. The number of carbonyl (C=O) groups excluding carboxylic acids is 1. The maximum Gasteiger partial charge on any atom is 0.289 e. The predicted octanol–water partition coefficient (Wildman–Crippen LogP) is 3.90. The molecule has 1 aromatic heterocycles. The van der Waals surface area contributed by atoms with E-state index in [1.165, 1.54) is 26.0 Å². The van der Waals surface area contributed by atoms with Gasteiger partial charge in [0.1, 0.15) is 16.9 Å². The van der Waals surface area contributed by atoms with E-state index in [0.717, 1.165) is 43.7 Å². The first-order chi connectivity index (χ1) is 17.4. The van der Waals surface area contributed by atoms with E-state index in [4.69, 9.17) is 21.0 Å². The molecule has 10 heteroatoms. The number of hydrogen-bond donors (Lipinski definition) is 1. The summed E-state index contributed by atoms with van der Waals surface area (Å²) in [7, 11) is 4.98. The molecule has 0 radical (unpaired) electrons. The van der Waals surface area contributed by atoms with E-state index in [1.807, 2.05) is 25.1 Å². The Hall–Kier alpha value is -3.15. The number of amides is 1. The highest BCUT2D eigenvalue weighted by molar-refractivity contribution is 7.98. The monoisotopic (exact) mass is 506 g/mol. The number of fused-ring (bicyclic) bond motifs is 1. The Bertz CT molecular complexity index is 1250. The van der Waals surface area contributed by atoms with Crippen LogP contribution < -0.4 is 10.2 Å². The Morgan fingerprint density at radius 1 is 1.28 bits per heavy atom. The van der Waals surface area contributed by atoms with Crippen molar-refractivity contribution in [1.29, 1.82) is 5.26 Å². The second kappa shape index (κ2) is 10.9. The van der Waals surface area contributed by atoms with Gasteiger partial charge in [0, 0.05) is 45.2 Å². The van der Waals surface area contributed by atoms with Crippen LogP contribution in [-0.4, -0.2) is 63.2 Å². The zero-order chi connectivity index (χ0) is 25.9. The van der Waals surface area contributed by atoms with Crippen molar-refractivity contribution in [2.45, 2.75) is 36.3 Å². The molecular formula is C26H30N6O3S. The molecule has 1 N–H and O–H groups in total. The van der Waals surface area contributed by atoms with Gasteiger partial charge in [0.25, 0.3) is 11.7 Å². The summed E-state index contributed by atoms with van der Waals surface area (Å²) >= 11 is 1.46. The number of nitrogens with one attached hydrogen (secondary N) is 1. The lowest BCUT2D eigenvalue weighted by Crippen LogP contribution is -2.38. The van der Waals surface area contributed by atoms with Gasteiger partial charge >= 0.3 is 0 Å². The van der Waals surface area contributed by atoms with Crippen molar-refractivity contribution in [3.8, 4) is 6.07 Å². The first kappa shape index (κ1) is 25.9. The molecule has 0 atom stereocenters. The second-order valence-electron chi connectivity index (χ2n) is 8.81. The normalized spacial score (nSPS) is 17.2. The molecule has 0 saturated carbocycles. The van der Waals surface area contributed by atoms with E-state index in [0.29, 0.717) is 45.5 Å². The highest BCUT2D eigenvalue weighted by atomic mass is 32.2. The molecule has 2 aliphatic heterocycles. The van der Waals surface area contributed by atoms with Crippen LogP contribution in [0.2, 0.25) is 0 Å². The number of pyridine rings is 1. The third-order valence-corrected chi connectivity index (χ3v) is 7.80. The molecule has 0 spiro atoms. The number of nitriles is 1. The zero-order valence-electron chi connectivity index (χ0n) is 21.1. The van der Waals surface area contributed by atoms with Crippen molar-refractivity contribution in [2.24, 2.45) is 0 Å². The van der Waals surface area contributed by atoms with Crippen LogP contribution in [-0.2, 0) is 32.2 Å². The van der Waals surface area contributed by atoms with Crippen LogP contribution in [0.4, 0.5) is 17.2 Å². The maximum absolute atomic E-state index is 12.5. The fourth-order valence-corrected chi connectivity index (χ4v) is 5.72. The maximum atomic E-state index is 12.5. The lowest BCUT2D eigenvalue weighted by molar-refractivity contribution is -0.207. The number of rotatable bonds is 7. The largest absolute Gasteiger partial charge is 0.364 e. The van der Waals surface area contributed by atoms with Gasteiger partial charge in [0.05, 0.1) is 17.8 Å². The van der Waals surface area contributed by atoms with Crippen LogP contribution in [0.3, 0.4) is 0 Å². The Morgan fingerprint density at radius 2 is 2.06 bits per heavy atom. The molecule has 188 valence electrons. The number of ether oxygens (including phenoxy) is 2. The van der Waals surface area contributed by atoms with Crippen LogP contribution in [0.25, 0.3) is 4.85 Å². The van der Waals surface area contributed by atoms with E-state index < -0.39 is 5.79 Å². The van der Waals surface area contributed by atoms with Crippen LogP contribution in [0.5, 0.6) is 0 Å². The van der Waals surface area contributed by atoms with Gasteiger partial charge in [-0.3, -0.25) is 4.79 Å². The first-order valence-corrected chi connectivity index (χ1v) is 12.9.